The van der Waals surface area contributed by atoms with Crippen LogP contribution in [0.5, 0.6) is 0 Å². The van der Waals surface area contributed by atoms with Gasteiger partial charge in [0.2, 0.25) is 0 Å². The summed E-state index contributed by atoms with van der Waals surface area (Å²) >= 11 is 5.94. The normalized spacial score (nSPS) is 11.6. The van der Waals surface area contributed by atoms with Crippen LogP contribution in [0.15, 0.2) is 53.5 Å². The monoisotopic (exact) mass is 355 g/mol. The Balaban J connectivity index is 1.74. The Bertz CT molecular complexity index is 932. The van der Waals surface area contributed by atoms with Gasteiger partial charge >= 0.3 is 0 Å². The van der Waals surface area contributed by atoms with Gasteiger partial charge in [-0.25, -0.2) is 4.98 Å². The fourth-order valence-corrected chi connectivity index (χ4v) is 3.02. The van der Waals surface area contributed by atoms with Crippen molar-refractivity contribution in [3.05, 3.63) is 80.9 Å². The van der Waals surface area contributed by atoms with Gasteiger partial charge in [0.15, 0.2) is 0 Å². The van der Waals surface area contributed by atoms with Crippen molar-refractivity contribution in [2.75, 3.05) is 7.05 Å². The van der Waals surface area contributed by atoms with Crippen LogP contribution in [0.3, 0.4) is 0 Å². The van der Waals surface area contributed by atoms with E-state index in [2.05, 4.69) is 48.0 Å². The number of benzene rings is 1. The molecule has 0 atom stereocenters. The fourth-order valence-electron chi connectivity index (χ4n) is 2.86. The summed E-state index contributed by atoms with van der Waals surface area (Å²) in [6.07, 6.45) is 1.59. The number of hydrogen-bond acceptors (Lipinski definition) is 3. The molecule has 0 amide bonds. The zero-order chi connectivity index (χ0) is 18.0. The highest BCUT2D eigenvalue weighted by Gasteiger charge is 2.07. The van der Waals surface area contributed by atoms with Crippen LogP contribution in [-0.4, -0.2) is 21.3 Å². The van der Waals surface area contributed by atoms with Gasteiger partial charge in [-0.3, -0.25) is 14.1 Å². The molecule has 4 nitrogen and oxygen atoms in total. The molecule has 0 aliphatic carbocycles. The molecule has 2 heterocycles. The maximum Gasteiger partial charge on any atom is 0.258 e. The average Bonchev–Trinajstić information content (AvgIpc) is 2.56. The van der Waals surface area contributed by atoms with E-state index in [9.17, 15) is 4.79 Å². The van der Waals surface area contributed by atoms with Gasteiger partial charge in [-0.15, -0.1) is 0 Å². The van der Waals surface area contributed by atoms with Crippen molar-refractivity contribution in [3.63, 3.8) is 0 Å². The van der Waals surface area contributed by atoms with E-state index < -0.39 is 0 Å². The SMILES string of the molecule is CC(C)c1ccc(CN(C)Cc2cc(=O)n3cc(Cl)ccc3n2)cc1. The molecule has 25 heavy (non-hydrogen) atoms. The van der Waals surface area contributed by atoms with Gasteiger partial charge in [-0.1, -0.05) is 49.7 Å². The minimum absolute atomic E-state index is 0.114. The first kappa shape index (κ1) is 17.6. The molecule has 0 saturated carbocycles. The highest BCUT2D eigenvalue weighted by atomic mass is 35.5. The number of nitrogens with zero attached hydrogens (tertiary/aromatic N) is 3. The second-order valence-corrected chi connectivity index (χ2v) is 7.17. The zero-order valence-electron chi connectivity index (χ0n) is 14.7. The summed E-state index contributed by atoms with van der Waals surface area (Å²) < 4.78 is 1.47. The summed E-state index contributed by atoms with van der Waals surface area (Å²) in [4.78, 5) is 18.9. The Morgan fingerprint density at radius 2 is 1.84 bits per heavy atom. The van der Waals surface area contributed by atoms with E-state index in [4.69, 9.17) is 11.6 Å². The number of hydrogen-bond donors (Lipinski definition) is 0. The minimum Gasteiger partial charge on any atom is -0.296 e. The smallest absolute Gasteiger partial charge is 0.258 e. The third-order valence-corrected chi connectivity index (χ3v) is 4.43. The van der Waals surface area contributed by atoms with Crippen LogP contribution in [0.4, 0.5) is 0 Å². The lowest BCUT2D eigenvalue weighted by Crippen LogP contribution is -2.21. The van der Waals surface area contributed by atoms with Gasteiger partial charge in [0.25, 0.3) is 5.56 Å². The van der Waals surface area contributed by atoms with Crippen LogP contribution in [0, 0.1) is 0 Å². The van der Waals surface area contributed by atoms with Crippen molar-refractivity contribution in [2.45, 2.75) is 32.9 Å². The second kappa shape index (κ2) is 7.38. The Morgan fingerprint density at radius 1 is 1.12 bits per heavy atom. The highest BCUT2D eigenvalue weighted by Crippen LogP contribution is 2.16. The van der Waals surface area contributed by atoms with Crippen molar-refractivity contribution in [1.29, 1.82) is 0 Å². The molecule has 0 bridgehead atoms. The lowest BCUT2D eigenvalue weighted by Gasteiger charge is -2.17. The molecule has 130 valence electrons. The summed E-state index contributed by atoms with van der Waals surface area (Å²) in [6, 6.07) is 13.8. The number of aromatic nitrogens is 2. The van der Waals surface area contributed by atoms with Gasteiger partial charge < -0.3 is 0 Å². The first-order valence-corrected chi connectivity index (χ1v) is 8.75. The molecular weight excluding hydrogens is 334 g/mol. The lowest BCUT2D eigenvalue weighted by atomic mass is 10.0. The van der Waals surface area contributed by atoms with Gasteiger partial charge in [0, 0.05) is 25.4 Å². The first-order chi connectivity index (χ1) is 11.9. The van der Waals surface area contributed by atoms with E-state index in [0.717, 1.165) is 12.2 Å². The number of rotatable bonds is 5. The van der Waals surface area contributed by atoms with Gasteiger partial charge in [-0.2, -0.15) is 0 Å². The van der Waals surface area contributed by atoms with Gasteiger partial charge in [-0.05, 0) is 36.2 Å². The number of halogens is 1. The topological polar surface area (TPSA) is 37.6 Å². The predicted octanol–water partition coefficient (Wildman–Crippen LogP) is 4.10. The number of pyridine rings is 1. The van der Waals surface area contributed by atoms with Crippen molar-refractivity contribution < 1.29 is 0 Å². The molecule has 0 aliphatic heterocycles. The highest BCUT2D eigenvalue weighted by molar-refractivity contribution is 6.30. The van der Waals surface area contributed by atoms with Crippen LogP contribution in [0.1, 0.15) is 36.6 Å². The van der Waals surface area contributed by atoms with E-state index in [1.165, 1.54) is 15.5 Å². The zero-order valence-corrected chi connectivity index (χ0v) is 15.5. The van der Waals surface area contributed by atoms with E-state index in [0.29, 0.717) is 23.1 Å². The molecule has 0 saturated heterocycles. The summed E-state index contributed by atoms with van der Waals surface area (Å²) in [7, 11) is 2.03. The summed E-state index contributed by atoms with van der Waals surface area (Å²) in [6.45, 7) is 5.80. The molecule has 3 rings (SSSR count). The van der Waals surface area contributed by atoms with Crippen molar-refractivity contribution in [3.8, 4) is 0 Å². The average molecular weight is 356 g/mol. The molecule has 0 aliphatic rings. The fraction of sp³-hybridized carbons (Fsp3) is 0.300. The molecule has 0 unspecified atom stereocenters. The largest absolute Gasteiger partial charge is 0.296 e. The van der Waals surface area contributed by atoms with Crippen LogP contribution in [0.25, 0.3) is 5.65 Å². The minimum atomic E-state index is -0.114. The summed E-state index contributed by atoms with van der Waals surface area (Å²) in [5, 5.41) is 0.520. The molecule has 1 aromatic carbocycles. The maximum absolute atomic E-state index is 12.2. The molecule has 2 aromatic heterocycles. The summed E-state index contributed by atoms with van der Waals surface area (Å²) in [5.74, 6) is 0.537. The third kappa shape index (κ3) is 4.27. The molecular formula is C20H22ClN3O. The first-order valence-electron chi connectivity index (χ1n) is 8.37. The molecule has 3 aromatic rings. The predicted molar refractivity (Wildman–Crippen MR) is 102 cm³/mol. The van der Waals surface area contributed by atoms with Crippen LogP contribution in [-0.2, 0) is 13.1 Å². The van der Waals surface area contributed by atoms with Crippen LogP contribution >= 0.6 is 11.6 Å². The van der Waals surface area contributed by atoms with Crippen molar-refractivity contribution >= 4 is 17.2 Å². The van der Waals surface area contributed by atoms with Gasteiger partial charge in [0.05, 0.1) is 10.7 Å². The Kier molecular flexibility index (Phi) is 5.21. The van der Waals surface area contributed by atoms with E-state index in [1.54, 1.807) is 24.4 Å². The maximum atomic E-state index is 12.2. The molecule has 0 N–H and O–H groups in total. The van der Waals surface area contributed by atoms with Crippen LogP contribution in [0.2, 0.25) is 5.02 Å². The van der Waals surface area contributed by atoms with E-state index in [1.807, 2.05) is 7.05 Å². The molecule has 0 radical (unpaired) electrons. The molecule has 0 spiro atoms. The third-order valence-electron chi connectivity index (χ3n) is 4.21. The van der Waals surface area contributed by atoms with E-state index in [-0.39, 0.29) is 5.56 Å². The Morgan fingerprint density at radius 3 is 2.52 bits per heavy atom. The molecule has 5 heteroatoms. The van der Waals surface area contributed by atoms with E-state index >= 15 is 0 Å². The van der Waals surface area contributed by atoms with Crippen molar-refractivity contribution in [1.82, 2.24) is 14.3 Å². The quantitative estimate of drug-likeness (QED) is 0.691. The van der Waals surface area contributed by atoms with Crippen molar-refractivity contribution in [2.24, 2.45) is 0 Å². The Labute approximate surface area is 152 Å². The van der Waals surface area contributed by atoms with Gasteiger partial charge in [0.1, 0.15) is 5.65 Å². The van der Waals surface area contributed by atoms with Crippen LogP contribution < -0.4 is 5.56 Å². The molecule has 0 fully saturated rings. The Hall–Kier alpha value is -2.17. The number of fused-ring (bicyclic) bond motifs is 1. The summed E-state index contributed by atoms with van der Waals surface area (Å²) in [5.41, 5.74) is 3.85. The second-order valence-electron chi connectivity index (χ2n) is 6.73. The lowest BCUT2D eigenvalue weighted by molar-refractivity contribution is 0.315. The standard InChI is InChI=1S/C20H22ClN3O/c1-14(2)16-6-4-15(5-7-16)11-23(3)13-18-10-20(25)24-12-17(21)8-9-19(24)22-18/h4-10,12,14H,11,13H2,1-3H3.